The standard InChI is InChI=1S/C19H28N6O/c1-15-9-12-25(24-15)18-13-17(22-14-23-18)20-10-11-21-19(26)8-7-16-5-3-2-4-6-16/h9,12-14,16H,2-8,10-11H2,1H3,(H,21,26)(H,20,22,23). The van der Waals surface area contributed by atoms with Crippen molar-refractivity contribution in [3.8, 4) is 5.82 Å². The molecule has 0 spiro atoms. The van der Waals surface area contributed by atoms with Gasteiger partial charge in [0.2, 0.25) is 5.91 Å². The molecule has 140 valence electrons. The van der Waals surface area contributed by atoms with Gasteiger partial charge in [0.15, 0.2) is 5.82 Å². The molecule has 0 unspecified atom stereocenters. The predicted molar refractivity (Wildman–Crippen MR) is 101 cm³/mol. The lowest BCUT2D eigenvalue weighted by atomic mass is 9.86. The summed E-state index contributed by atoms with van der Waals surface area (Å²) in [6.45, 7) is 3.15. The molecule has 0 aliphatic heterocycles. The van der Waals surface area contributed by atoms with Crippen LogP contribution in [0.1, 0.15) is 50.6 Å². The van der Waals surface area contributed by atoms with Gasteiger partial charge in [0, 0.05) is 31.8 Å². The van der Waals surface area contributed by atoms with Crippen molar-refractivity contribution < 1.29 is 4.79 Å². The number of nitrogens with one attached hydrogen (secondary N) is 2. The maximum absolute atomic E-state index is 12.0. The van der Waals surface area contributed by atoms with Crippen LogP contribution in [0.4, 0.5) is 5.82 Å². The first-order valence-corrected chi connectivity index (χ1v) is 9.56. The maximum Gasteiger partial charge on any atom is 0.220 e. The van der Waals surface area contributed by atoms with Crippen LogP contribution < -0.4 is 10.6 Å². The van der Waals surface area contributed by atoms with Crippen LogP contribution in [0.3, 0.4) is 0 Å². The number of nitrogens with zero attached hydrogens (tertiary/aromatic N) is 4. The highest BCUT2D eigenvalue weighted by molar-refractivity contribution is 5.75. The number of amides is 1. The summed E-state index contributed by atoms with van der Waals surface area (Å²) >= 11 is 0. The van der Waals surface area contributed by atoms with Crippen LogP contribution in [0.2, 0.25) is 0 Å². The van der Waals surface area contributed by atoms with E-state index in [2.05, 4.69) is 25.7 Å². The summed E-state index contributed by atoms with van der Waals surface area (Å²) in [6, 6.07) is 3.77. The van der Waals surface area contributed by atoms with Gasteiger partial charge in [-0.05, 0) is 25.3 Å². The lowest BCUT2D eigenvalue weighted by molar-refractivity contribution is -0.121. The molecule has 1 aliphatic rings. The molecule has 7 nitrogen and oxygen atoms in total. The first kappa shape index (κ1) is 18.4. The molecule has 1 aliphatic carbocycles. The summed E-state index contributed by atoms with van der Waals surface area (Å²) in [5, 5.41) is 10.5. The minimum absolute atomic E-state index is 0.146. The highest BCUT2D eigenvalue weighted by atomic mass is 16.1. The van der Waals surface area contributed by atoms with E-state index in [1.807, 2.05) is 25.3 Å². The molecular weight excluding hydrogens is 328 g/mol. The normalized spacial score (nSPS) is 15.0. The Bertz CT molecular complexity index is 708. The van der Waals surface area contributed by atoms with Crippen LogP contribution in [-0.2, 0) is 4.79 Å². The van der Waals surface area contributed by atoms with Crippen LogP contribution in [-0.4, -0.2) is 38.7 Å². The van der Waals surface area contributed by atoms with E-state index >= 15 is 0 Å². The third-order valence-corrected chi connectivity index (χ3v) is 4.87. The van der Waals surface area contributed by atoms with Crippen molar-refractivity contribution >= 4 is 11.7 Å². The van der Waals surface area contributed by atoms with E-state index < -0.39 is 0 Å². The van der Waals surface area contributed by atoms with Gasteiger partial charge in [-0.25, -0.2) is 14.6 Å². The fourth-order valence-corrected chi connectivity index (χ4v) is 3.40. The second kappa shape index (κ2) is 9.31. The zero-order valence-corrected chi connectivity index (χ0v) is 15.4. The Balaban J connectivity index is 1.36. The summed E-state index contributed by atoms with van der Waals surface area (Å²) in [6.07, 6.45) is 11.6. The number of aryl methyl sites for hydroxylation is 1. The SMILES string of the molecule is Cc1ccn(-c2cc(NCCNC(=O)CCC3CCCCC3)ncn2)n1. The molecule has 0 aromatic carbocycles. The van der Waals surface area contributed by atoms with Crippen molar-refractivity contribution in [2.45, 2.75) is 51.9 Å². The van der Waals surface area contributed by atoms with E-state index in [-0.39, 0.29) is 5.91 Å². The Morgan fingerprint density at radius 3 is 2.85 bits per heavy atom. The van der Waals surface area contributed by atoms with Gasteiger partial charge >= 0.3 is 0 Å². The van der Waals surface area contributed by atoms with Gasteiger partial charge < -0.3 is 10.6 Å². The van der Waals surface area contributed by atoms with Crippen molar-refractivity contribution in [1.82, 2.24) is 25.1 Å². The van der Waals surface area contributed by atoms with E-state index in [9.17, 15) is 4.79 Å². The molecule has 0 radical (unpaired) electrons. The second-order valence-electron chi connectivity index (χ2n) is 6.98. The summed E-state index contributed by atoms with van der Waals surface area (Å²) in [5.74, 6) is 2.33. The molecule has 2 aromatic rings. The Morgan fingerprint density at radius 1 is 1.23 bits per heavy atom. The van der Waals surface area contributed by atoms with Gasteiger partial charge in [-0.15, -0.1) is 0 Å². The molecule has 1 fully saturated rings. The number of aromatic nitrogens is 4. The third-order valence-electron chi connectivity index (χ3n) is 4.87. The van der Waals surface area contributed by atoms with Crippen molar-refractivity contribution in [2.24, 2.45) is 5.92 Å². The van der Waals surface area contributed by atoms with Crippen molar-refractivity contribution in [2.75, 3.05) is 18.4 Å². The minimum atomic E-state index is 0.146. The van der Waals surface area contributed by atoms with Crippen molar-refractivity contribution in [3.63, 3.8) is 0 Å². The molecule has 2 heterocycles. The van der Waals surface area contributed by atoms with Gasteiger partial charge in [-0.2, -0.15) is 5.10 Å². The Hall–Kier alpha value is -2.44. The largest absolute Gasteiger partial charge is 0.368 e. The number of anilines is 1. The second-order valence-corrected chi connectivity index (χ2v) is 6.98. The van der Waals surface area contributed by atoms with E-state index in [0.717, 1.165) is 23.9 Å². The molecule has 7 heteroatoms. The summed E-state index contributed by atoms with van der Waals surface area (Å²) in [7, 11) is 0. The fourth-order valence-electron chi connectivity index (χ4n) is 3.40. The van der Waals surface area contributed by atoms with E-state index in [1.54, 1.807) is 4.68 Å². The molecule has 0 saturated heterocycles. The lowest BCUT2D eigenvalue weighted by Gasteiger charge is -2.21. The third kappa shape index (κ3) is 5.54. The molecule has 0 bridgehead atoms. The zero-order valence-electron chi connectivity index (χ0n) is 15.4. The highest BCUT2D eigenvalue weighted by Crippen LogP contribution is 2.27. The van der Waals surface area contributed by atoms with Gasteiger partial charge in [0.05, 0.1) is 5.69 Å². The van der Waals surface area contributed by atoms with Gasteiger partial charge in [-0.3, -0.25) is 4.79 Å². The average Bonchev–Trinajstić information content (AvgIpc) is 3.11. The van der Waals surface area contributed by atoms with Gasteiger partial charge in [0.25, 0.3) is 0 Å². The van der Waals surface area contributed by atoms with Gasteiger partial charge in [0.1, 0.15) is 12.1 Å². The van der Waals surface area contributed by atoms with Crippen LogP contribution in [0.5, 0.6) is 0 Å². The number of rotatable bonds is 8. The lowest BCUT2D eigenvalue weighted by Crippen LogP contribution is -2.29. The van der Waals surface area contributed by atoms with Crippen molar-refractivity contribution in [3.05, 3.63) is 30.4 Å². The molecule has 3 rings (SSSR count). The zero-order chi connectivity index (χ0) is 18.2. The van der Waals surface area contributed by atoms with Crippen LogP contribution in [0, 0.1) is 12.8 Å². The first-order chi connectivity index (χ1) is 12.7. The predicted octanol–water partition coefficient (Wildman–Crippen LogP) is 2.86. The van der Waals surface area contributed by atoms with Crippen LogP contribution in [0.25, 0.3) is 5.82 Å². The maximum atomic E-state index is 12.0. The summed E-state index contributed by atoms with van der Waals surface area (Å²) in [4.78, 5) is 20.4. The van der Waals surface area contributed by atoms with E-state index in [0.29, 0.717) is 25.3 Å². The molecule has 1 saturated carbocycles. The molecule has 0 atom stereocenters. The fraction of sp³-hybridized carbons (Fsp3) is 0.579. The van der Waals surface area contributed by atoms with Crippen LogP contribution >= 0.6 is 0 Å². The molecule has 2 aromatic heterocycles. The van der Waals surface area contributed by atoms with Gasteiger partial charge in [-0.1, -0.05) is 32.1 Å². The molecule has 26 heavy (non-hydrogen) atoms. The Kier molecular flexibility index (Phi) is 6.57. The van der Waals surface area contributed by atoms with Crippen LogP contribution in [0.15, 0.2) is 24.7 Å². The number of hydrogen-bond acceptors (Lipinski definition) is 5. The number of hydrogen-bond donors (Lipinski definition) is 2. The average molecular weight is 356 g/mol. The first-order valence-electron chi connectivity index (χ1n) is 9.56. The summed E-state index contributed by atoms with van der Waals surface area (Å²) < 4.78 is 1.72. The topological polar surface area (TPSA) is 84.7 Å². The molecular formula is C19H28N6O. The molecule has 2 N–H and O–H groups in total. The number of carbonyl (C=O) groups is 1. The number of carbonyl (C=O) groups excluding carboxylic acids is 1. The monoisotopic (exact) mass is 356 g/mol. The summed E-state index contributed by atoms with van der Waals surface area (Å²) in [5.41, 5.74) is 0.939. The Morgan fingerprint density at radius 2 is 2.08 bits per heavy atom. The van der Waals surface area contributed by atoms with Crippen molar-refractivity contribution in [1.29, 1.82) is 0 Å². The van der Waals surface area contributed by atoms with E-state index in [4.69, 9.17) is 0 Å². The van der Waals surface area contributed by atoms with E-state index in [1.165, 1.54) is 38.4 Å². The smallest absolute Gasteiger partial charge is 0.220 e. The molecule has 1 amide bonds. The highest BCUT2D eigenvalue weighted by Gasteiger charge is 2.14. The quantitative estimate of drug-likeness (QED) is 0.711. The minimum Gasteiger partial charge on any atom is -0.368 e. The Labute approximate surface area is 154 Å².